The third-order valence-electron chi connectivity index (χ3n) is 9.17. The number of nitriles is 1. The van der Waals surface area contributed by atoms with Crippen LogP contribution in [0.25, 0.3) is 10.9 Å². The fourth-order valence-electron chi connectivity index (χ4n) is 6.68. The van der Waals surface area contributed by atoms with Gasteiger partial charge in [-0.25, -0.2) is 9.59 Å². The van der Waals surface area contributed by atoms with Crippen molar-refractivity contribution in [3.05, 3.63) is 70.4 Å². The number of aromatic nitrogens is 1. The second-order valence-corrected chi connectivity index (χ2v) is 14.2. The van der Waals surface area contributed by atoms with Gasteiger partial charge in [-0.05, 0) is 101 Å². The number of fused-ring (bicyclic) bond motifs is 2. The highest BCUT2D eigenvalue weighted by atomic mass is 35.5. The predicted octanol–water partition coefficient (Wildman–Crippen LogP) is 7.27. The summed E-state index contributed by atoms with van der Waals surface area (Å²) in [7, 11) is 0. The van der Waals surface area contributed by atoms with Crippen molar-refractivity contribution >= 4 is 40.4 Å². The molecule has 1 saturated heterocycles. The molecule has 3 amide bonds. The van der Waals surface area contributed by atoms with Gasteiger partial charge in [-0.2, -0.15) is 5.26 Å². The van der Waals surface area contributed by atoms with Gasteiger partial charge in [0.15, 0.2) is 5.78 Å². The number of hydrogen-bond acceptors (Lipinski definition) is 5. The quantitative estimate of drug-likeness (QED) is 0.268. The highest BCUT2D eigenvalue weighted by Crippen LogP contribution is 2.28. The van der Waals surface area contributed by atoms with Crippen molar-refractivity contribution in [1.29, 1.82) is 5.26 Å². The lowest BCUT2D eigenvalue weighted by molar-refractivity contribution is -0.123. The number of amides is 3. The number of benzene rings is 2. The van der Waals surface area contributed by atoms with Gasteiger partial charge in [0.05, 0.1) is 12.6 Å². The van der Waals surface area contributed by atoms with Crippen molar-refractivity contribution in [2.75, 3.05) is 19.6 Å². The normalized spacial score (nSPS) is 17.8. The molecule has 1 unspecified atom stereocenters. The lowest BCUT2D eigenvalue weighted by Crippen LogP contribution is -2.51. The minimum Gasteiger partial charge on any atom is -0.444 e. The molecule has 0 bridgehead atoms. The number of nitrogens with zero attached hydrogens (tertiary/aromatic N) is 4. The first kappa shape index (κ1) is 34.3. The molecule has 1 aromatic heterocycles. The smallest absolute Gasteiger partial charge is 0.410 e. The Morgan fingerprint density at radius 1 is 1.02 bits per heavy atom. The number of Topliss-reactive ketones (excluding diaryl/α,β-unsaturated/α-hetero) is 1. The third kappa shape index (κ3) is 9.07. The molecule has 2 aliphatic rings. The molecule has 0 saturated carbocycles. The van der Waals surface area contributed by atoms with Gasteiger partial charge in [-0.1, -0.05) is 35.9 Å². The van der Waals surface area contributed by atoms with Crippen LogP contribution in [0.5, 0.6) is 0 Å². The SMILES string of the molecule is CC(C)(C)OC(=O)N1CCC(NC(=O)N2CC(=O)C(CCc3cc4cc(Cl)ccc4n3CCCC#N)CCc3ccccc3C2)CC1. The first-order valence-electron chi connectivity index (χ1n) is 16.8. The molecule has 5 rings (SSSR count). The van der Waals surface area contributed by atoms with Gasteiger partial charge in [0.2, 0.25) is 0 Å². The second-order valence-electron chi connectivity index (χ2n) is 13.8. The molecule has 10 heteroatoms. The Balaban J connectivity index is 1.27. The fourth-order valence-corrected chi connectivity index (χ4v) is 6.86. The summed E-state index contributed by atoms with van der Waals surface area (Å²) >= 11 is 6.30. The van der Waals surface area contributed by atoms with Gasteiger partial charge in [0.1, 0.15) is 5.60 Å². The topological polar surface area (TPSA) is 108 Å². The number of aryl methyl sites for hydroxylation is 3. The predicted molar refractivity (Wildman–Crippen MR) is 183 cm³/mol. The first-order valence-corrected chi connectivity index (χ1v) is 17.2. The van der Waals surface area contributed by atoms with E-state index in [1.165, 1.54) is 0 Å². The summed E-state index contributed by atoms with van der Waals surface area (Å²) in [6, 6.07) is 18.1. The Hall–Kier alpha value is -4.03. The van der Waals surface area contributed by atoms with E-state index in [-0.39, 0.29) is 36.4 Å². The molecule has 9 nitrogen and oxygen atoms in total. The molecule has 0 spiro atoms. The zero-order chi connectivity index (χ0) is 33.6. The molecule has 3 heterocycles. The van der Waals surface area contributed by atoms with Crippen molar-refractivity contribution in [2.45, 2.75) is 96.9 Å². The number of ketones is 1. The fraction of sp³-hybridized carbons (Fsp3) is 0.514. The van der Waals surface area contributed by atoms with E-state index in [0.717, 1.165) is 53.5 Å². The number of hydrogen-bond donors (Lipinski definition) is 1. The minimum absolute atomic E-state index is 0.0440. The lowest BCUT2D eigenvalue weighted by Gasteiger charge is -2.34. The van der Waals surface area contributed by atoms with Crippen LogP contribution in [-0.4, -0.2) is 63.6 Å². The van der Waals surface area contributed by atoms with Gasteiger partial charge in [-0.15, -0.1) is 0 Å². The molecule has 2 aliphatic heterocycles. The number of piperidine rings is 1. The highest BCUT2D eigenvalue weighted by molar-refractivity contribution is 6.31. The third-order valence-corrected chi connectivity index (χ3v) is 9.41. The van der Waals surface area contributed by atoms with Crippen LogP contribution in [0.3, 0.4) is 0 Å². The van der Waals surface area contributed by atoms with E-state index in [4.69, 9.17) is 21.6 Å². The first-order chi connectivity index (χ1) is 22.5. The van der Waals surface area contributed by atoms with Crippen LogP contribution in [0.15, 0.2) is 48.5 Å². The van der Waals surface area contributed by atoms with Crippen molar-refractivity contribution < 1.29 is 19.1 Å². The molecule has 1 fully saturated rings. The lowest BCUT2D eigenvalue weighted by atomic mass is 9.90. The summed E-state index contributed by atoms with van der Waals surface area (Å²) in [4.78, 5) is 43.5. The summed E-state index contributed by atoms with van der Waals surface area (Å²) in [5.74, 6) is -0.134. The summed E-state index contributed by atoms with van der Waals surface area (Å²) < 4.78 is 7.77. The summed E-state index contributed by atoms with van der Waals surface area (Å²) in [5.41, 5.74) is 3.87. The molecule has 1 N–H and O–H groups in total. The highest BCUT2D eigenvalue weighted by Gasteiger charge is 2.31. The Kier molecular flexibility index (Phi) is 11.1. The largest absolute Gasteiger partial charge is 0.444 e. The maximum Gasteiger partial charge on any atom is 0.410 e. The van der Waals surface area contributed by atoms with Gasteiger partial charge >= 0.3 is 12.1 Å². The summed E-state index contributed by atoms with van der Waals surface area (Å²) in [5, 5.41) is 14.0. The van der Waals surface area contributed by atoms with E-state index in [1.807, 2.05) is 57.2 Å². The maximum absolute atomic E-state index is 13.9. The van der Waals surface area contributed by atoms with Crippen LogP contribution < -0.4 is 5.32 Å². The molecule has 3 aromatic rings. The number of likely N-dealkylation sites (tertiary alicyclic amines) is 1. The number of carbonyl (C=O) groups excluding carboxylic acids is 3. The summed E-state index contributed by atoms with van der Waals surface area (Å²) in [6.45, 7) is 7.69. The van der Waals surface area contributed by atoms with E-state index >= 15 is 0 Å². The van der Waals surface area contributed by atoms with Crippen molar-refractivity contribution in [2.24, 2.45) is 5.92 Å². The summed E-state index contributed by atoms with van der Waals surface area (Å²) in [6.07, 6.45) is 5.01. The molecule has 47 heavy (non-hydrogen) atoms. The minimum atomic E-state index is -0.558. The van der Waals surface area contributed by atoms with Crippen molar-refractivity contribution in [1.82, 2.24) is 19.7 Å². The van der Waals surface area contributed by atoms with Crippen LogP contribution in [0.2, 0.25) is 5.02 Å². The van der Waals surface area contributed by atoms with Gasteiger partial charge < -0.3 is 24.4 Å². The molecule has 2 aromatic carbocycles. The molecular formula is C37H46ClN5O4. The molecule has 250 valence electrons. The zero-order valence-electron chi connectivity index (χ0n) is 27.8. The number of rotatable bonds is 7. The second kappa shape index (κ2) is 15.2. The van der Waals surface area contributed by atoms with Gasteiger partial charge in [0.25, 0.3) is 0 Å². The van der Waals surface area contributed by atoms with E-state index in [1.54, 1.807) is 9.80 Å². The van der Waals surface area contributed by atoms with E-state index < -0.39 is 5.60 Å². The average Bonchev–Trinajstić information content (AvgIpc) is 3.39. The number of halogens is 1. The average molecular weight is 660 g/mol. The number of unbranched alkanes of at least 4 members (excludes halogenated alkanes) is 1. The Bertz CT molecular complexity index is 1630. The van der Waals surface area contributed by atoms with Gasteiger partial charge in [-0.3, -0.25) is 4.79 Å². The van der Waals surface area contributed by atoms with E-state index in [2.05, 4.69) is 28.1 Å². The van der Waals surface area contributed by atoms with Crippen molar-refractivity contribution in [3.63, 3.8) is 0 Å². The van der Waals surface area contributed by atoms with Crippen LogP contribution in [0, 0.1) is 17.2 Å². The monoisotopic (exact) mass is 659 g/mol. The number of ether oxygens (including phenoxy) is 1. The molecule has 1 atom stereocenters. The zero-order valence-corrected chi connectivity index (χ0v) is 28.5. The van der Waals surface area contributed by atoms with Crippen LogP contribution >= 0.6 is 11.6 Å². The number of nitrogens with one attached hydrogen (secondary N) is 1. The standard InChI is InChI=1S/C37H46ClN5O4/c1-37(2,3)47-36(46)41-20-16-31(17-21-41)40-35(45)42-24-28-9-5-4-8-26(28)10-11-27(34(44)25-42)12-14-32-23-29-22-30(38)13-15-33(29)43(32)19-7-6-18-39/h4-5,8-9,13,15,22-23,27,31H,6-7,10-12,14,16-17,19-21,24-25H2,1-3H3,(H,40,45). The Morgan fingerprint density at radius 2 is 1.77 bits per heavy atom. The van der Waals surface area contributed by atoms with E-state index in [0.29, 0.717) is 56.8 Å². The molecular weight excluding hydrogens is 614 g/mol. The Morgan fingerprint density at radius 3 is 2.49 bits per heavy atom. The van der Waals surface area contributed by atoms with Crippen molar-refractivity contribution in [3.8, 4) is 6.07 Å². The number of carbonyl (C=O) groups is 3. The maximum atomic E-state index is 13.9. The van der Waals surface area contributed by atoms with Crippen LogP contribution in [0.1, 0.15) is 76.1 Å². The number of urea groups is 1. The van der Waals surface area contributed by atoms with Gasteiger partial charge in [0, 0.05) is 66.2 Å². The van der Waals surface area contributed by atoms with E-state index in [9.17, 15) is 14.4 Å². The molecule has 0 radical (unpaired) electrons. The van der Waals surface area contributed by atoms with Crippen LogP contribution in [-0.2, 0) is 35.5 Å². The van der Waals surface area contributed by atoms with Crippen LogP contribution in [0.4, 0.5) is 9.59 Å². The molecule has 0 aliphatic carbocycles. The Labute approximate surface area is 282 Å².